The van der Waals surface area contributed by atoms with E-state index in [0.717, 1.165) is 30.9 Å². The van der Waals surface area contributed by atoms with Crippen molar-refractivity contribution < 1.29 is 9.90 Å². The lowest BCUT2D eigenvalue weighted by molar-refractivity contribution is -0.137. The van der Waals surface area contributed by atoms with E-state index in [1.807, 2.05) is 0 Å². The van der Waals surface area contributed by atoms with Gasteiger partial charge in [-0.3, -0.25) is 4.79 Å². The summed E-state index contributed by atoms with van der Waals surface area (Å²) in [5.74, 6) is 1.05. The van der Waals surface area contributed by atoms with E-state index < -0.39 is 5.97 Å². The molecule has 0 bridgehead atoms. The fourth-order valence-electron chi connectivity index (χ4n) is 2.11. The molecule has 1 aromatic rings. The molecule has 2 rings (SSSR count). The van der Waals surface area contributed by atoms with Gasteiger partial charge >= 0.3 is 5.97 Å². The number of aryl methyl sites for hydroxylation is 2. The highest BCUT2D eigenvalue weighted by molar-refractivity contribution is 5.66. The van der Waals surface area contributed by atoms with Gasteiger partial charge in [0, 0.05) is 18.9 Å². The molecule has 1 atom stereocenters. The molecule has 0 amide bonds. The number of carboxylic acid groups (broad SMARTS) is 1. The third-order valence-electron chi connectivity index (χ3n) is 2.86. The number of carboxylic acids is 1. The second-order valence-electron chi connectivity index (χ2n) is 4.04. The lowest BCUT2D eigenvalue weighted by atomic mass is 10.1. The van der Waals surface area contributed by atoms with E-state index in [9.17, 15) is 4.79 Å². The second-order valence-corrected chi connectivity index (χ2v) is 4.04. The van der Waals surface area contributed by atoms with Crippen molar-refractivity contribution in [3.63, 3.8) is 0 Å². The van der Waals surface area contributed by atoms with Crippen LogP contribution in [0.2, 0.25) is 0 Å². The maximum absolute atomic E-state index is 10.5. The van der Waals surface area contributed by atoms with Gasteiger partial charge in [-0.1, -0.05) is 0 Å². The molecule has 0 saturated heterocycles. The van der Waals surface area contributed by atoms with E-state index in [4.69, 9.17) is 5.11 Å². The molecule has 5 heteroatoms. The third kappa shape index (κ3) is 2.00. The minimum atomic E-state index is -0.782. The lowest BCUT2D eigenvalue weighted by Gasteiger charge is -2.22. The molecule has 5 nitrogen and oxygen atoms in total. The van der Waals surface area contributed by atoms with Crippen LogP contribution < -0.4 is 0 Å². The molecule has 1 N–H and O–H groups in total. The Morgan fingerprint density at radius 1 is 1.60 bits per heavy atom. The summed E-state index contributed by atoms with van der Waals surface area (Å²) < 4.78 is 2.10. The highest BCUT2D eigenvalue weighted by atomic mass is 16.4. The summed E-state index contributed by atoms with van der Waals surface area (Å²) in [5, 5.41) is 16.8. The van der Waals surface area contributed by atoms with Crippen LogP contribution in [0.4, 0.5) is 0 Å². The van der Waals surface area contributed by atoms with Gasteiger partial charge in [0.15, 0.2) is 0 Å². The molecule has 0 aromatic carbocycles. The number of nitrogens with zero attached hydrogens (tertiary/aromatic N) is 3. The SMILES string of the molecule is CC1CCCc2nnc(CCC(=O)O)n21. The first-order chi connectivity index (χ1) is 7.18. The highest BCUT2D eigenvalue weighted by Crippen LogP contribution is 2.24. The Morgan fingerprint density at radius 3 is 3.13 bits per heavy atom. The standard InChI is InChI=1S/C10H15N3O2/c1-7-3-2-4-8-11-12-9(13(7)8)5-6-10(14)15/h7H,2-6H2,1H3,(H,14,15). The molecular weight excluding hydrogens is 194 g/mol. The summed E-state index contributed by atoms with van der Waals surface area (Å²) in [6.07, 6.45) is 3.85. The van der Waals surface area contributed by atoms with Crippen LogP contribution in [0.3, 0.4) is 0 Å². The number of hydrogen-bond donors (Lipinski definition) is 1. The number of aliphatic carboxylic acids is 1. The third-order valence-corrected chi connectivity index (χ3v) is 2.86. The van der Waals surface area contributed by atoms with Crippen molar-refractivity contribution in [1.29, 1.82) is 0 Å². The second kappa shape index (κ2) is 4.00. The van der Waals surface area contributed by atoms with Gasteiger partial charge in [-0.2, -0.15) is 0 Å². The Morgan fingerprint density at radius 2 is 2.40 bits per heavy atom. The van der Waals surface area contributed by atoms with Gasteiger partial charge in [0.2, 0.25) is 0 Å². The first kappa shape index (κ1) is 10.1. The Hall–Kier alpha value is -1.39. The van der Waals surface area contributed by atoms with E-state index >= 15 is 0 Å². The molecule has 1 aliphatic heterocycles. The maximum Gasteiger partial charge on any atom is 0.303 e. The number of hydrogen-bond acceptors (Lipinski definition) is 3. The zero-order chi connectivity index (χ0) is 10.8. The summed E-state index contributed by atoms with van der Waals surface area (Å²) in [4.78, 5) is 10.5. The zero-order valence-corrected chi connectivity index (χ0v) is 8.81. The Balaban J connectivity index is 2.18. The molecule has 0 fully saturated rings. The Kier molecular flexibility index (Phi) is 2.70. The van der Waals surface area contributed by atoms with Crippen LogP contribution in [-0.4, -0.2) is 25.8 Å². The molecule has 1 unspecified atom stereocenters. The largest absolute Gasteiger partial charge is 0.481 e. The van der Waals surface area contributed by atoms with Crippen molar-refractivity contribution in [2.24, 2.45) is 0 Å². The first-order valence-electron chi connectivity index (χ1n) is 5.33. The fraction of sp³-hybridized carbons (Fsp3) is 0.700. The summed E-state index contributed by atoms with van der Waals surface area (Å²) in [6, 6.07) is 0.410. The predicted molar refractivity (Wildman–Crippen MR) is 53.6 cm³/mol. The predicted octanol–water partition coefficient (Wildman–Crippen LogP) is 1.19. The molecule has 0 aliphatic carbocycles. The Labute approximate surface area is 88.1 Å². The molecule has 1 aliphatic rings. The number of fused-ring (bicyclic) bond motifs is 1. The quantitative estimate of drug-likeness (QED) is 0.812. The normalized spacial score (nSPS) is 19.9. The van der Waals surface area contributed by atoms with Crippen LogP contribution in [0.25, 0.3) is 0 Å². The number of rotatable bonds is 3. The van der Waals surface area contributed by atoms with Gasteiger partial charge < -0.3 is 9.67 Å². The van der Waals surface area contributed by atoms with Crippen molar-refractivity contribution in [2.75, 3.05) is 0 Å². The van der Waals surface area contributed by atoms with Crippen molar-refractivity contribution in [2.45, 2.75) is 45.1 Å². The van der Waals surface area contributed by atoms with Gasteiger partial charge in [0.25, 0.3) is 0 Å². The minimum Gasteiger partial charge on any atom is -0.481 e. The molecule has 2 heterocycles. The average Bonchev–Trinajstić information content (AvgIpc) is 2.59. The minimum absolute atomic E-state index is 0.130. The summed E-state index contributed by atoms with van der Waals surface area (Å²) in [5.41, 5.74) is 0. The van der Waals surface area contributed by atoms with Gasteiger partial charge in [0.1, 0.15) is 11.6 Å². The maximum atomic E-state index is 10.5. The van der Waals surface area contributed by atoms with Crippen LogP contribution in [0.5, 0.6) is 0 Å². The van der Waals surface area contributed by atoms with Crippen molar-refractivity contribution in [3.05, 3.63) is 11.6 Å². The monoisotopic (exact) mass is 209 g/mol. The smallest absolute Gasteiger partial charge is 0.303 e. The molecule has 0 saturated carbocycles. The molecule has 82 valence electrons. The average molecular weight is 209 g/mol. The van der Waals surface area contributed by atoms with Crippen LogP contribution in [0.1, 0.15) is 43.9 Å². The first-order valence-corrected chi connectivity index (χ1v) is 5.33. The molecular formula is C10H15N3O2. The van der Waals surface area contributed by atoms with Crippen molar-refractivity contribution in [1.82, 2.24) is 14.8 Å². The van der Waals surface area contributed by atoms with Gasteiger partial charge in [-0.25, -0.2) is 0 Å². The topological polar surface area (TPSA) is 68.0 Å². The van der Waals surface area contributed by atoms with Crippen LogP contribution >= 0.6 is 0 Å². The molecule has 0 spiro atoms. The molecule has 15 heavy (non-hydrogen) atoms. The number of carbonyl (C=O) groups is 1. The van der Waals surface area contributed by atoms with Crippen molar-refractivity contribution >= 4 is 5.97 Å². The summed E-state index contributed by atoms with van der Waals surface area (Å²) in [7, 11) is 0. The molecule has 1 aromatic heterocycles. The van der Waals surface area contributed by atoms with E-state index in [1.165, 1.54) is 0 Å². The Bertz CT molecular complexity index is 373. The van der Waals surface area contributed by atoms with E-state index in [1.54, 1.807) is 0 Å². The fourth-order valence-corrected chi connectivity index (χ4v) is 2.11. The zero-order valence-electron chi connectivity index (χ0n) is 8.81. The van der Waals surface area contributed by atoms with Gasteiger partial charge in [0.05, 0.1) is 6.42 Å². The lowest BCUT2D eigenvalue weighted by Crippen LogP contribution is -2.18. The van der Waals surface area contributed by atoms with Gasteiger partial charge in [-0.15, -0.1) is 10.2 Å². The number of aromatic nitrogens is 3. The summed E-state index contributed by atoms with van der Waals surface area (Å²) >= 11 is 0. The van der Waals surface area contributed by atoms with Crippen LogP contribution in [0, 0.1) is 0 Å². The van der Waals surface area contributed by atoms with E-state index in [0.29, 0.717) is 12.5 Å². The van der Waals surface area contributed by atoms with Crippen molar-refractivity contribution in [3.8, 4) is 0 Å². The summed E-state index contributed by atoms with van der Waals surface area (Å²) in [6.45, 7) is 2.14. The molecule has 0 radical (unpaired) electrons. The van der Waals surface area contributed by atoms with E-state index in [2.05, 4.69) is 21.7 Å². The highest BCUT2D eigenvalue weighted by Gasteiger charge is 2.21. The van der Waals surface area contributed by atoms with E-state index in [-0.39, 0.29) is 6.42 Å². The van der Waals surface area contributed by atoms with Crippen LogP contribution in [0.15, 0.2) is 0 Å². The van der Waals surface area contributed by atoms with Crippen LogP contribution in [-0.2, 0) is 17.6 Å². The van der Waals surface area contributed by atoms with Gasteiger partial charge in [-0.05, 0) is 19.8 Å².